The third-order valence-corrected chi connectivity index (χ3v) is 3.79. The quantitative estimate of drug-likeness (QED) is 0.494. The summed E-state index contributed by atoms with van der Waals surface area (Å²) in [4.78, 5) is 12.5. The number of hydrogen-bond donors (Lipinski definition) is 2. The molecular formula is C18H20N8O2. The first-order valence-electron chi connectivity index (χ1n) is 8.58. The molecular weight excluding hydrogens is 360 g/mol. The molecule has 0 fully saturated rings. The summed E-state index contributed by atoms with van der Waals surface area (Å²) in [7, 11) is 0. The van der Waals surface area contributed by atoms with Gasteiger partial charge in [-0.2, -0.15) is 9.78 Å². The second-order valence-electron chi connectivity index (χ2n) is 6.36. The van der Waals surface area contributed by atoms with Gasteiger partial charge in [0, 0.05) is 0 Å². The molecule has 0 saturated carbocycles. The predicted octanol–water partition coefficient (Wildman–Crippen LogP) is 2.17. The van der Waals surface area contributed by atoms with Crippen LogP contribution in [-0.4, -0.2) is 37.4 Å². The van der Waals surface area contributed by atoms with Gasteiger partial charge in [-0.3, -0.25) is 4.79 Å². The van der Waals surface area contributed by atoms with Crippen LogP contribution in [0, 0.1) is 0 Å². The van der Waals surface area contributed by atoms with Gasteiger partial charge < -0.3 is 5.73 Å². The number of carbonyl (C=O) groups is 1. The zero-order chi connectivity index (χ0) is 20.1. The maximum atomic E-state index is 12.5. The number of nitrogens with one attached hydrogen (secondary N) is 1. The fourth-order valence-corrected chi connectivity index (χ4v) is 2.56. The van der Waals surface area contributed by atoms with E-state index in [0.717, 1.165) is 11.1 Å². The second kappa shape index (κ2) is 8.25. The van der Waals surface area contributed by atoms with Gasteiger partial charge in [0.15, 0.2) is 5.69 Å². The van der Waals surface area contributed by atoms with Crippen LogP contribution >= 0.6 is 0 Å². The minimum atomic E-state index is -0.492. The molecule has 2 heterocycles. The number of nitrogen functional groups attached to an aromatic ring is 1. The Kier molecular flexibility index (Phi) is 5.58. The Morgan fingerprint density at radius 1 is 1.29 bits per heavy atom. The van der Waals surface area contributed by atoms with E-state index in [1.807, 2.05) is 57.2 Å². The Labute approximate surface area is 161 Å². The molecule has 3 N–H and O–H groups in total. The van der Waals surface area contributed by atoms with Gasteiger partial charge in [0.05, 0.1) is 11.9 Å². The molecule has 0 aliphatic carbocycles. The Morgan fingerprint density at radius 3 is 2.68 bits per heavy atom. The maximum Gasteiger partial charge on any atom is 0.293 e. The van der Waals surface area contributed by atoms with Gasteiger partial charge >= 0.3 is 0 Å². The Hall–Kier alpha value is -3.82. The second-order valence-corrected chi connectivity index (χ2v) is 6.36. The predicted molar refractivity (Wildman–Crippen MR) is 104 cm³/mol. The zero-order valence-electron chi connectivity index (χ0n) is 15.7. The van der Waals surface area contributed by atoms with Crippen LogP contribution in [0.4, 0.5) is 5.82 Å². The van der Waals surface area contributed by atoms with Crippen molar-refractivity contribution in [3.05, 3.63) is 52.9 Å². The van der Waals surface area contributed by atoms with Crippen molar-refractivity contribution in [2.24, 2.45) is 5.10 Å². The van der Waals surface area contributed by atoms with Crippen LogP contribution in [0.2, 0.25) is 0 Å². The van der Waals surface area contributed by atoms with Crippen molar-refractivity contribution in [1.29, 1.82) is 0 Å². The van der Waals surface area contributed by atoms with Crippen LogP contribution in [0.15, 0.2) is 45.6 Å². The molecule has 10 heteroatoms. The molecule has 10 nitrogen and oxygen atoms in total. The number of allylic oxidation sites excluding steroid dienone is 1. The Bertz CT molecular complexity index is 1020. The number of nitrogens with two attached hydrogens (primary N) is 1. The lowest BCUT2D eigenvalue weighted by atomic mass is 10.1. The summed E-state index contributed by atoms with van der Waals surface area (Å²) in [6, 6.07) is 9.81. The Balaban J connectivity index is 1.77. The van der Waals surface area contributed by atoms with Crippen LogP contribution in [-0.2, 0) is 0 Å². The van der Waals surface area contributed by atoms with Crippen LogP contribution in [0.5, 0.6) is 0 Å². The fourth-order valence-electron chi connectivity index (χ4n) is 2.56. The normalized spacial score (nSPS) is 12.1. The third-order valence-electron chi connectivity index (χ3n) is 3.79. The van der Waals surface area contributed by atoms with Crippen molar-refractivity contribution in [2.75, 3.05) is 5.73 Å². The number of anilines is 1. The molecule has 0 bridgehead atoms. The molecule has 0 aliphatic rings. The molecule has 1 amide bonds. The third kappa shape index (κ3) is 4.11. The van der Waals surface area contributed by atoms with Crippen molar-refractivity contribution in [1.82, 2.24) is 30.7 Å². The first-order chi connectivity index (χ1) is 13.5. The van der Waals surface area contributed by atoms with Gasteiger partial charge in [-0.1, -0.05) is 55.5 Å². The molecule has 1 aromatic carbocycles. The number of rotatable bonds is 6. The lowest BCUT2D eigenvalue weighted by molar-refractivity contribution is 0.0948. The molecule has 2 aromatic heterocycles. The molecule has 0 spiro atoms. The highest BCUT2D eigenvalue weighted by molar-refractivity contribution is 5.94. The minimum Gasteiger partial charge on any atom is -0.378 e. The topological polar surface area (TPSA) is 137 Å². The van der Waals surface area contributed by atoms with E-state index in [1.165, 1.54) is 4.68 Å². The first kappa shape index (κ1) is 19.0. The van der Waals surface area contributed by atoms with Gasteiger partial charge in [-0.25, -0.2) is 10.1 Å². The highest BCUT2D eigenvalue weighted by Crippen LogP contribution is 2.22. The van der Waals surface area contributed by atoms with Gasteiger partial charge in [0.25, 0.3) is 5.91 Å². The molecule has 0 atom stereocenters. The fraction of sp³-hybridized carbons (Fsp3) is 0.222. The number of benzene rings is 1. The standard InChI is InChI=1S/C18H20N8O2/c1-11(2)15-14(21-25-26(15)17-16(19)23-28-24-17)18(27)22-20-10-12(3)9-13-7-5-4-6-8-13/h4-11H,1-3H3,(H2,19,23)(H,22,27)/b12-9+,20-10?. The maximum absolute atomic E-state index is 12.5. The van der Waals surface area contributed by atoms with Crippen LogP contribution in [0.1, 0.15) is 48.4 Å². The van der Waals surface area contributed by atoms with Gasteiger partial charge in [0.1, 0.15) is 0 Å². The van der Waals surface area contributed by atoms with E-state index in [9.17, 15) is 4.79 Å². The highest BCUT2D eigenvalue weighted by Gasteiger charge is 2.25. The number of aromatic nitrogens is 5. The smallest absolute Gasteiger partial charge is 0.293 e. The lowest BCUT2D eigenvalue weighted by Gasteiger charge is -2.08. The van der Waals surface area contributed by atoms with Crippen molar-refractivity contribution >= 4 is 24.0 Å². The number of hydrogen-bond acceptors (Lipinski definition) is 8. The summed E-state index contributed by atoms with van der Waals surface area (Å²) >= 11 is 0. The summed E-state index contributed by atoms with van der Waals surface area (Å²) < 4.78 is 5.94. The monoisotopic (exact) mass is 380 g/mol. The van der Waals surface area contributed by atoms with E-state index >= 15 is 0 Å². The first-order valence-corrected chi connectivity index (χ1v) is 8.58. The summed E-state index contributed by atoms with van der Waals surface area (Å²) in [5, 5.41) is 19.1. The Morgan fingerprint density at radius 2 is 2.04 bits per heavy atom. The van der Waals surface area contributed by atoms with Crippen molar-refractivity contribution in [2.45, 2.75) is 26.7 Å². The average molecular weight is 380 g/mol. The van der Waals surface area contributed by atoms with Gasteiger partial charge in [-0.15, -0.1) is 5.10 Å². The van der Waals surface area contributed by atoms with Gasteiger partial charge in [-0.05, 0) is 34.3 Å². The van der Waals surface area contributed by atoms with Crippen LogP contribution < -0.4 is 11.2 Å². The zero-order valence-corrected chi connectivity index (χ0v) is 15.7. The van der Waals surface area contributed by atoms with Gasteiger partial charge in [0.2, 0.25) is 11.6 Å². The molecule has 0 radical (unpaired) electrons. The van der Waals surface area contributed by atoms with Crippen molar-refractivity contribution in [3.8, 4) is 5.82 Å². The molecule has 3 rings (SSSR count). The van der Waals surface area contributed by atoms with E-state index in [4.69, 9.17) is 5.73 Å². The van der Waals surface area contributed by atoms with Crippen LogP contribution in [0.25, 0.3) is 11.9 Å². The summed E-state index contributed by atoms with van der Waals surface area (Å²) in [5.74, 6) is -0.344. The SMILES string of the molecule is C/C(C=NNC(=O)c1nnn(-c2nonc2N)c1C(C)C)=C\c1ccccc1. The number of amides is 1. The number of hydrazone groups is 1. The molecule has 28 heavy (non-hydrogen) atoms. The average Bonchev–Trinajstić information content (AvgIpc) is 3.28. The van der Waals surface area contributed by atoms with Crippen molar-refractivity contribution < 1.29 is 9.42 Å². The largest absolute Gasteiger partial charge is 0.378 e. The highest BCUT2D eigenvalue weighted by atomic mass is 16.6. The number of nitrogens with zero attached hydrogens (tertiary/aromatic N) is 6. The molecule has 0 saturated heterocycles. The minimum absolute atomic E-state index is 0.0541. The van der Waals surface area contributed by atoms with E-state index in [2.05, 4.69) is 35.8 Å². The van der Waals surface area contributed by atoms with E-state index in [0.29, 0.717) is 5.69 Å². The molecule has 0 aliphatic heterocycles. The van der Waals surface area contributed by atoms with E-state index in [-0.39, 0.29) is 23.2 Å². The lowest BCUT2D eigenvalue weighted by Crippen LogP contribution is -2.21. The molecule has 0 unspecified atom stereocenters. The van der Waals surface area contributed by atoms with Crippen molar-refractivity contribution in [3.63, 3.8) is 0 Å². The molecule has 3 aromatic rings. The summed E-state index contributed by atoms with van der Waals surface area (Å²) in [6.07, 6.45) is 3.51. The van der Waals surface area contributed by atoms with E-state index < -0.39 is 5.91 Å². The molecule has 144 valence electrons. The van der Waals surface area contributed by atoms with Crippen LogP contribution in [0.3, 0.4) is 0 Å². The van der Waals surface area contributed by atoms with E-state index in [1.54, 1.807) is 6.21 Å². The summed E-state index contributed by atoms with van der Waals surface area (Å²) in [5.41, 5.74) is 10.7. The summed E-state index contributed by atoms with van der Waals surface area (Å²) in [6.45, 7) is 5.68. The number of carbonyl (C=O) groups excluding carboxylic acids is 1.